The number of carbonyl (C=O) groups excluding carboxylic acids is 1. The molecule has 4 nitrogen and oxygen atoms in total. The topological polar surface area (TPSA) is 41.6 Å². The number of fused-ring (bicyclic) bond motifs is 1. The molecule has 1 aliphatic carbocycles. The molecule has 14 heavy (non-hydrogen) atoms. The van der Waals surface area contributed by atoms with Gasteiger partial charge < -0.3 is 15.0 Å². The molecule has 0 aromatic heterocycles. The lowest BCUT2D eigenvalue weighted by atomic mass is 9.91. The van der Waals surface area contributed by atoms with Gasteiger partial charge in [-0.25, -0.2) is 4.79 Å². The van der Waals surface area contributed by atoms with Gasteiger partial charge >= 0.3 is 6.03 Å². The lowest BCUT2D eigenvalue weighted by molar-refractivity contribution is 0.136. The van der Waals surface area contributed by atoms with Crippen molar-refractivity contribution in [3.63, 3.8) is 0 Å². The number of hydrogen-bond donors (Lipinski definition) is 1. The van der Waals surface area contributed by atoms with Gasteiger partial charge in [0.15, 0.2) is 0 Å². The van der Waals surface area contributed by atoms with Gasteiger partial charge in [0.1, 0.15) is 0 Å². The van der Waals surface area contributed by atoms with Gasteiger partial charge in [0.25, 0.3) is 0 Å². The van der Waals surface area contributed by atoms with E-state index in [-0.39, 0.29) is 6.03 Å². The van der Waals surface area contributed by atoms with Crippen LogP contribution in [0.2, 0.25) is 0 Å². The summed E-state index contributed by atoms with van der Waals surface area (Å²) in [5.41, 5.74) is 0. The van der Waals surface area contributed by atoms with Gasteiger partial charge in [0.2, 0.25) is 0 Å². The highest BCUT2D eigenvalue weighted by Crippen LogP contribution is 2.27. The van der Waals surface area contributed by atoms with Crippen molar-refractivity contribution in [3.8, 4) is 0 Å². The van der Waals surface area contributed by atoms with E-state index in [1.165, 1.54) is 12.8 Å². The minimum Gasteiger partial charge on any atom is -0.383 e. The molecule has 2 rings (SSSR count). The van der Waals surface area contributed by atoms with Crippen LogP contribution in [-0.4, -0.2) is 43.3 Å². The van der Waals surface area contributed by atoms with Crippen molar-refractivity contribution < 1.29 is 9.53 Å². The normalized spacial score (nSPS) is 31.5. The molecule has 4 heteroatoms. The van der Waals surface area contributed by atoms with E-state index in [1.807, 2.05) is 4.90 Å². The highest BCUT2D eigenvalue weighted by Gasteiger charge is 2.39. The number of hydrogen-bond acceptors (Lipinski definition) is 2. The summed E-state index contributed by atoms with van der Waals surface area (Å²) in [5.74, 6) is 0. The van der Waals surface area contributed by atoms with Crippen LogP contribution in [0.25, 0.3) is 0 Å². The number of nitrogens with one attached hydrogen (secondary N) is 1. The Kier molecular flexibility index (Phi) is 2.91. The molecule has 2 amide bonds. The number of rotatable bonds is 3. The lowest BCUT2D eigenvalue weighted by Gasteiger charge is -2.29. The van der Waals surface area contributed by atoms with Gasteiger partial charge in [-0.3, -0.25) is 0 Å². The van der Waals surface area contributed by atoms with E-state index < -0.39 is 0 Å². The Hall–Kier alpha value is -0.770. The molecule has 0 spiro atoms. The fourth-order valence-corrected chi connectivity index (χ4v) is 2.50. The molecule has 0 bridgehead atoms. The summed E-state index contributed by atoms with van der Waals surface area (Å²) >= 11 is 0. The zero-order valence-electron chi connectivity index (χ0n) is 8.66. The Bertz CT molecular complexity index is 220. The second-order valence-electron chi connectivity index (χ2n) is 4.09. The summed E-state index contributed by atoms with van der Waals surface area (Å²) in [6.45, 7) is 1.36. The zero-order valence-corrected chi connectivity index (χ0v) is 8.66. The Morgan fingerprint density at radius 3 is 3.07 bits per heavy atom. The van der Waals surface area contributed by atoms with Crippen LogP contribution < -0.4 is 5.32 Å². The molecular formula is C10H18N2O2. The number of ether oxygens (including phenoxy) is 1. The van der Waals surface area contributed by atoms with E-state index in [2.05, 4.69) is 5.32 Å². The number of urea groups is 1. The van der Waals surface area contributed by atoms with E-state index in [0.29, 0.717) is 18.7 Å². The lowest BCUT2D eigenvalue weighted by Crippen LogP contribution is -2.40. The second-order valence-corrected chi connectivity index (χ2v) is 4.09. The standard InChI is InChI=1S/C10H18N2O2/c1-14-7-6-12-9-5-3-2-4-8(9)11-10(12)13/h8-9H,2-7H2,1H3,(H,11,13). The van der Waals surface area contributed by atoms with Crippen LogP contribution in [0.4, 0.5) is 4.79 Å². The van der Waals surface area contributed by atoms with E-state index in [4.69, 9.17) is 4.74 Å². The third-order valence-electron chi connectivity index (χ3n) is 3.24. The summed E-state index contributed by atoms with van der Waals surface area (Å²) in [5, 5.41) is 3.05. The van der Waals surface area contributed by atoms with Gasteiger partial charge in [-0.05, 0) is 12.8 Å². The van der Waals surface area contributed by atoms with Crippen LogP contribution in [0, 0.1) is 0 Å². The summed E-state index contributed by atoms with van der Waals surface area (Å²) in [6.07, 6.45) is 4.78. The van der Waals surface area contributed by atoms with Crippen molar-refractivity contribution in [3.05, 3.63) is 0 Å². The predicted molar refractivity (Wildman–Crippen MR) is 53.2 cm³/mol. The average Bonchev–Trinajstić information content (AvgIpc) is 2.51. The van der Waals surface area contributed by atoms with E-state index in [0.717, 1.165) is 19.4 Å². The Morgan fingerprint density at radius 2 is 2.29 bits per heavy atom. The molecule has 2 unspecified atom stereocenters. The Balaban J connectivity index is 1.96. The zero-order chi connectivity index (χ0) is 9.97. The largest absolute Gasteiger partial charge is 0.383 e. The van der Waals surface area contributed by atoms with Gasteiger partial charge in [0, 0.05) is 13.7 Å². The van der Waals surface area contributed by atoms with E-state index >= 15 is 0 Å². The van der Waals surface area contributed by atoms with Crippen molar-refractivity contribution in [2.45, 2.75) is 37.8 Å². The number of methoxy groups -OCH3 is 1. The molecule has 1 saturated carbocycles. The molecule has 1 aliphatic heterocycles. The van der Waals surface area contributed by atoms with Crippen molar-refractivity contribution in [1.82, 2.24) is 10.2 Å². The summed E-state index contributed by atoms with van der Waals surface area (Å²) < 4.78 is 5.01. The van der Waals surface area contributed by atoms with Gasteiger partial charge in [-0.15, -0.1) is 0 Å². The van der Waals surface area contributed by atoms with Gasteiger partial charge in [-0.1, -0.05) is 12.8 Å². The van der Waals surface area contributed by atoms with Gasteiger partial charge in [0.05, 0.1) is 18.7 Å². The van der Waals surface area contributed by atoms with Crippen LogP contribution in [0.1, 0.15) is 25.7 Å². The second kappa shape index (κ2) is 4.17. The fraction of sp³-hybridized carbons (Fsp3) is 0.900. The maximum atomic E-state index is 11.6. The van der Waals surface area contributed by atoms with Crippen LogP contribution in [0.3, 0.4) is 0 Å². The number of nitrogens with zero attached hydrogens (tertiary/aromatic N) is 1. The average molecular weight is 198 g/mol. The van der Waals surface area contributed by atoms with Crippen molar-refractivity contribution in [2.75, 3.05) is 20.3 Å². The first-order valence-electron chi connectivity index (χ1n) is 5.39. The minimum atomic E-state index is 0.0963. The molecular weight excluding hydrogens is 180 g/mol. The molecule has 2 fully saturated rings. The molecule has 1 heterocycles. The molecule has 1 N–H and O–H groups in total. The highest BCUT2D eigenvalue weighted by atomic mass is 16.5. The first-order valence-corrected chi connectivity index (χ1v) is 5.39. The third kappa shape index (κ3) is 1.71. The number of carbonyl (C=O) groups is 1. The van der Waals surface area contributed by atoms with Crippen molar-refractivity contribution in [1.29, 1.82) is 0 Å². The fourth-order valence-electron chi connectivity index (χ4n) is 2.50. The van der Waals surface area contributed by atoms with Crippen molar-refractivity contribution in [2.24, 2.45) is 0 Å². The van der Waals surface area contributed by atoms with Crippen LogP contribution in [0.15, 0.2) is 0 Å². The maximum absolute atomic E-state index is 11.6. The Morgan fingerprint density at radius 1 is 1.50 bits per heavy atom. The van der Waals surface area contributed by atoms with Gasteiger partial charge in [-0.2, -0.15) is 0 Å². The molecule has 0 aromatic carbocycles. The minimum absolute atomic E-state index is 0.0963. The molecule has 80 valence electrons. The smallest absolute Gasteiger partial charge is 0.318 e. The monoisotopic (exact) mass is 198 g/mol. The third-order valence-corrected chi connectivity index (χ3v) is 3.24. The molecule has 2 aliphatic rings. The van der Waals surface area contributed by atoms with Crippen LogP contribution >= 0.6 is 0 Å². The molecule has 0 radical (unpaired) electrons. The summed E-state index contributed by atoms with van der Waals surface area (Å²) in [4.78, 5) is 13.5. The predicted octanol–water partition coefficient (Wildman–Crippen LogP) is 0.969. The molecule has 1 saturated heterocycles. The maximum Gasteiger partial charge on any atom is 0.318 e. The quantitative estimate of drug-likeness (QED) is 0.734. The Labute approximate surface area is 84.6 Å². The highest BCUT2D eigenvalue weighted by molar-refractivity contribution is 5.77. The van der Waals surface area contributed by atoms with Crippen LogP contribution in [0.5, 0.6) is 0 Å². The van der Waals surface area contributed by atoms with E-state index in [1.54, 1.807) is 7.11 Å². The summed E-state index contributed by atoms with van der Waals surface area (Å²) in [7, 11) is 1.67. The van der Waals surface area contributed by atoms with E-state index in [9.17, 15) is 4.79 Å². The molecule has 2 atom stereocenters. The van der Waals surface area contributed by atoms with Crippen LogP contribution in [-0.2, 0) is 4.74 Å². The first-order chi connectivity index (χ1) is 6.83. The summed E-state index contributed by atoms with van der Waals surface area (Å²) in [6, 6.07) is 0.915. The first kappa shape index (κ1) is 9.77. The SMILES string of the molecule is COCCN1C(=O)NC2CCCCC21. The van der Waals surface area contributed by atoms with Crippen molar-refractivity contribution >= 4 is 6.03 Å². The molecule has 0 aromatic rings. The number of amides is 2.